The van der Waals surface area contributed by atoms with Crippen molar-refractivity contribution in [3.05, 3.63) is 30.1 Å². The van der Waals surface area contributed by atoms with Crippen LogP contribution in [0.15, 0.2) is 24.5 Å². The van der Waals surface area contributed by atoms with Crippen LogP contribution in [0.4, 0.5) is 0 Å². The summed E-state index contributed by atoms with van der Waals surface area (Å²) in [6, 6.07) is 3.99. The molecule has 0 aromatic carbocycles. The first kappa shape index (κ1) is 10.7. The van der Waals surface area contributed by atoms with Crippen molar-refractivity contribution < 1.29 is 9.53 Å². The molecule has 0 fully saturated rings. The monoisotopic (exact) mass is 193 g/mol. The molecule has 0 atom stereocenters. The second kappa shape index (κ2) is 6.13. The molecule has 14 heavy (non-hydrogen) atoms. The van der Waals surface area contributed by atoms with E-state index in [-0.39, 0.29) is 5.97 Å². The first-order valence-electron chi connectivity index (χ1n) is 4.81. The van der Waals surface area contributed by atoms with Crippen molar-refractivity contribution in [2.24, 2.45) is 0 Å². The van der Waals surface area contributed by atoms with Gasteiger partial charge in [-0.1, -0.05) is 6.07 Å². The molecule has 76 valence electrons. The maximum Gasteiger partial charge on any atom is 0.302 e. The molecule has 0 N–H and O–H groups in total. The van der Waals surface area contributed by atoms with Crippen molar-refractivity contribution in [3.8, 4) is 0 Å². The number of unbranched alkanes of at least 4 members (excludes halogenated alkanes) is 1. The highest BCUT2D eigenvalue weighted by molar-refractivity contribution is 5.65. The van der Waals surface area contributed by atoms with Crippen LogP contribution in [-0.4, -0.2) is 17.6 Å². The number of ether oxygens (including phenoxy) is 1. The van der Waals surface area contributed by atoms with Crippen molar-refractivity contribution in [3.63, 3.8) is 0 Å². The topological polar surface area (TPSA) is 39.2 Å². The van der Waals surface area contributed by atoms with E-state index in [9.17, 15) is 4.79 Å². The molecule has 1 aromatic rings. The van der Waals surface area contributed by atoms with Gasteiger partial charge in [-0.05, 0) is 30.9 Å². The van der Waals surface area contributed by atoms with Gasteiger partial charge >= 0.3 is 5.97 Å². The average Bonchev–Trinajstić information content (AvgIpc) is 2.18. The van der Waals surface area contributed by atoms with Crippen LogP contribution < -0.4 is 0 Å². The van der Waals surface area contributed by atoms with Crippen molar-refractivity contribution in [1.29, 1.82) is 0 Å². The van der Waals surface area contributed by atoms with Crippen molar-refractivity contribution in [2.45, 2.75) is 26.2 Å². The van der Waals surface area contributed by atoms with Gasteiger partial charge in [-0.2, -0.15) is 0 Å². The molecule has 1 aromatic heterocycles. The SMILES string of the molecule is CC(=O)OCCCCc1cccnc1. The lowest BCUT2D eigenvalue weighted by Gasteiger charge is -2.01. The smallest absolute Gasteiger partial charge is 0.302 e. The number of hydrogen-bond acceptors (Lipinski definition) is 3. The molecule has 0 spiro atoms. The summed E-state index contributed by atoms with van der Waals surface area (Å²) in [5.41, 5.74) is 1.23. The summed E-state index contributed by atoms with van der Waals surface area (Å²) in [6.45, 7) is 1.96. The molecule has 0 bridgehead atoms. The Morgan fingerprint density at radius 3 is 3.00 bits per heavy atom. The Kier molecular flexibility index (Phi) is 4.69. The first-order valence-corrected chi connectivity index (χ1v) is 4.81. The molecule has 1 rings (SSSR count). The summed E-state index contributed by atoms with van der Waals surface area (Å²) in [5, 5.41) is 0. The molecular formula is C11H15NO2. The number of nitrogens with zero attached hydrogens (tertiary/aromatic N) is 1. The van der Waals surface area contributed by atoms with Crippen LogP contribution in [-0.2, 0) is 16.0 Å². The van der Waals surface area contributed by atoms with Crippen LogP contribution in [0.1, 0.15) is 25.3 Å². The summed E-state index contributed by atoms with van der Waals surface area (Å²) in [7, 11) is 0. The molecule has 0 amide bonds. The lowest BCUT2D eigenvalue weighted by molar-refractivity contribution is -0.141. The van der Waals surface area contributed by atoms with Crippen LogP contribution in [0.25, 0.3) is 0 Å². The van der Waals surface area contributed by atoms with Gasteiger partial charge in [-0.25, -0.2) is 0 Å². The van der Waals surface area contributed by atoms with Gasteiger partial charge in [0.15, 0.2) is 0 Å². The molecule has 0 radical (unpaired) electrons. The summed E-state index contributed by atoms with van der Waals surface area (Å²) in [6.07, 6.45) is 6.57. The maximum atomic E-state index is 10.4. The molecule has 3 nitrogen and oxygen atoms in total. The molecular weight excluding hydrogens is 178 g/mol. The molecule has 0 aliphatic heterocycles. The Morgan fingerprint density at radius 2 is 2.36 bits per heavy atom. The minimum absolute atomic E-state index is 0.202. The molecule has 0 unspecified atom stereocenters. The molecule has 1 heterocycles. The highest BCUT2D eigenvalue weighted by atomic mass is 16.5. The number of esters is 1. The van der Waals surface area contributed by atoms with Crippen LogP contribution in [0, 0.1) is 0 Å². The zero-order valence-corrected chi connectivity index (χ0v) is 8.40. The number of carbonyl (C=O) groups excluding carboxylic acids is 1. The lowest BCUT2D eigenvalue weighted by atomic mass is 10.1. The number of aryl methyl sites for hydroxylation is 1. The standard InChI is InChI=1S/C11H15NO2/c1-10(13)14-8-3-2-5-11-6-4-7-12-9-11/h4,6-7,9H,2-3,5,8H2,1H3. The van der Waals surface area contributed by atoms with Crippen molar-refractivity contribution in [1.82, 2.24) is 4.98 Å². The van der Waals surface area contributed by atoms with Crippen molar-refractivity contribution in [2.75, 3.05) is 6.61 Å². The maximum absolute atomic E-state index is 10.4. The van der Waals surface area contributed by atoms with Crippen LogP contribution >= 0.6 is 0 Å². The Labute approximate surface area is 84.1 Å². The predicted molar refractivity (Wildman–Crippen MR) is 53.8 cm³/mol. The fourth-order valence-electron chi connectivity index (χ4n) is 1.19. The third-order valence-corrected chi connectivity index (χ3v) is 1.89. The number of carbonyl (C=O) groups is 1. The number of pyridine rings is 1. The zero-order valence-electron chi connectivity index (χ0n) is 8.40. The number of aromatic nitrogens is 1. The summed E-state index contributed by atoms with van der Waals surface area (Å²) < 4.78 is 4.83. The summed E-state index contributed by atoms with van der Waals surface area (Å²) in [4.78, 5) is 14.5. The van der Waals surface area contributed by atoms with Crippen molar-refractivity contribution >= 4 is 5.97 Å². The van der Waals surface area contributed by atoms with E-state index in [1.807, 2.05) is 12.3 Å². The van der Waals surface area contributed by atoms with E-state index in [0.29, 0.717) is 6.61 Å². The Balaban J connectivity index is 2.08. The fraction of sp³-hybridized carbons (Fsp3) is 0.455. The van der Waals surface area contributed by atoms with E-state index in [4.69, 9.17) is 4.74 Å². The van der Waals surface area contributed by atoms with Crippen LogP contribution in [0.3, 0.4) is 0 Å². The largest absolute Gasteiger partial charge is 0.466 e. The van der Waals surface area contributed by atoms with E-state index >= 15 is 0 Å². The minimum atomic E-state index is -0.202. The first-order chi connectivity index (χ1) is 6.79. The van der Waals surface area contributed by atoms with E-state index < -0.39 is 0 Å². The van der Waals surface area contributed by atoms with Gasteiger partial charge in [0.05, 0.1) is 6.61 Å². The van der Waals surface area contributed by atoms with E-state index in [0.717, 1.165) is 19.3 Å². The average molecular weight is 193 g/mol. The highest BCUT2D eigenvalue weighted by Gasteiger charge is 1.94. The Hall–Kier alpha value is -1.38. The molecule has 0 aliphatic rings. The van der Waals surface area contributed by atoms with Gasteiger partial charge in [-0.3, -0.25) is 9.78 Å². The van der Waals surface area contributed by atoms with Gasteiger partial charge in [0, 0.05) is 19.3 Å². The molecule has 0 saturated heterocycles. The number of hydrogen-bond donors (Lipinski definition) is 0. The second-order valence-electron chi connectivity index (χ2n) is 3.16. The highest BCUT2D eigenvalue weighted by Crippen LogP contribution is 2.02. The minimum Gasteiger partial charge on any atom is -0.466 e. The van der Waals surface area contributed by atoms with Gasteiger partial charge in [0.1, 0.15) is 0 Å². The fourth-order valence-corrected chi connectivity index (χ4v) is 1.19. The van der Waals surface area contributed by atoms with Crippen LogP contribution in [0.2, 0.25) is 0 Å². The molecule has 0 aliphatic carbocycles. The summed E-state index contributed by atoms with van der Waals surface area (Å²) in [5.74, 6) is -0.202. The van der Waals surface area contributed by atoms with E-state index in [1.54, 1.807) is 6.20 Å². The number of rotatable bonds is 5. The second-order valence-corrected chi connectivity index (χ2v) is 3.16. The third kappa shape index (κ3) is 4.60. The van der Waals surface area contributed by atoms with Crippen LogP contribution in [0.5, 0.6) is 0 Å². The Morgan fingerprint density at radius 1 is 1.50 bits per heavy atom. The molecule has 0 saturated carbocycles. The van der Waals surface area contributed by atoms with Gasteiger partial charge in [-0.15, -0.1) is 0 Å². The van der Waals surface area contributed by atoms with Gasteiger partial charge < -0.3 is 4.74 Å². The zero-order chi connectivity index (χ0) is 10.2. The molecule has 3 heteroatoms. The third-order valence-electron chi connectivity index (χ3n) is 1.89. The predicted octanol–water partition coefficient (Wildman–Crippen LogP) is 1.97. The summed E-state index contributed by atoms with van der Waals surface area (Å²) >= 11 is 0. The normalized spacial score (nSPS) is 9.79. The van der Waals surface area contributed by atoms with E-state index in [2.05, 4.69) is 11.1 Å². The van der Waals surface area contributed by atoms with Gasteiger partial charge in [0.25, 0.3) is 0 Å². The quantitative estimate of drug-likeness (QED) is 0.530. The lowest BCUT2D eigenvalue weighted by Crippen LogP contribution is -2.00. The van der Waals surface area contributed by atoms with Gasteiger partial charge in [0.2, 0.25) is 0 Å². The Bertz CT molecular complexity index is 272. The van der Waals surface area contributed by atoms with E-state index in [1.165, 1.54) is 12.5 Å².